The molecule has 1 aromatic rings. The zero-order chi connectivity index (χ0) is 14.3. The smallest absolute Gasteiger partial charge is 0.251 e. The van der Waals surface area contributed by atoms with E-state index in [9.17, 15) is 4.79 Å². The molecule has 2 aliphatic heterocycles. The molecule has 1 N–H and O–H groups in total. The quantitative estimate of drug-likeness (QED) is 0.840. The lowest BCUT2D eigenvalue weighted by molar-refractivity contribution is -0.127. The van der Waals surface area contributed by atoms with E-state index in [1.807, 2.05) is 6.92 Å². The third kappa shape index (κ3) is 2.26. The van der Waals surface area contributed by atoms with Crippen LogP contribution in [0.3, 0.4) is 0 Å². The lowest BCUT2D eigenvalue weighted by Gasteiger charge is -2.28. The molecule has 106 valence electrons. The Labute approximate surface area is 124 Å². The van der Waals surface area contributed by atoms with Crippen molar-refractivity contribution in [3.05, 3.63) is 29.3 Å². The summed E-state index contributed by atoms with van der Waals surface area (Å²) in [5.41, 5.74) is 3.82. The van der Waals surface area contributed by atoms with E-state index >= 15 is 0 Å². The minimum absolute atomic E-state index is 0.0600. The van der Waals surface area contributed by atoms with E-state index in [4.69, 9.17) is 12.2 Å². The first-order valence-corrected chi connectivity index (χ1v) is 7.42. The predicted molar refractivity (Wildman–Crippen MR) is 83.8 cm³/mol. The highest BCUT2D eigenvalue weighted by Crippen LogP contribution is 2.27. The standard InChI is InChI=1S/C15H19N3OS/c1-10-14(19)18(15(20)16-10)9-11-5-6-13-12(8-11)4-3-7-17(13)2/h5-6,8,10H,3-4,7,9H2,1-2H3,(H,16,20). The Hall–Kier alpha value is -1.62. The van der Waals surface area contributed by atoms with Crippen molar-refractivity contribution in [3.63, 3.8) is 0 Å². The summed E-state index contributed by atoms with van der Waals surface area (Å²) >= 11 is 5.22. The average molecular weight is 289 g/mol. The highest BCUT2D eigenvalue weighted by Gasteiger charge is 2.32. The van der Waals surface area contributed by atoms with Gasteiger partial charge < -0.3 is 10.2 Å². The summed E-state index contributed by atoms with van der Waals surface area (Å²) in [5, 5.41) is 3.55. The van der Waals surface area contributed by atoms with Gasteiger partial charge in [0.15, 0.2) is 5.11 Å². The average Bonchev–Trinajstić information content (AvgIpc) is 2.66. The number of rotatable bonds is 2. The zero-order valence-electron chi connectivity index (χ0n) is 11.8. The number of thiocarbonyl (C=S) groups is 1. The lowest BCUT2D eigenvalue weighted by Crippen LogP contribution is -2.30. The highest BCUT2D eigenvalue weighted by atomic mass is 32.1. The van der Waals surface area contributed by atoms with Gasteiger partial charge in [0.2, 0.25) is 0 Å². The van der Waals surface area contributed by atoms with E-state index in [0.29, 0.717) is 11.7 Å². The lowest BCUT2D eigenvalue weighted by atomic mass is 9.99. The first kappa shape index (κ1) is 13.4. The van der Waals surface area contributed by atoms with E-state index in [-0.39, 0.29) is 11.9 Å². The molecular formula is C15H19N3OS. The Morgan fingerprint density at radius 2 is 2.25 bits per heavy atom. The molecule has 5 heteroatoms. The normalized spacial score (nSPS) is 22.0. The van der Waals surface area contributed by atoms with Crippen molar-refractivity contribution >= 4 is 28.9 Å². The van der Waals surface area contributed by atoms with Crippen LogP contribution in [-0.2, 0) is 17.8 Å². The van der Waals surface area contributed by atoms with E-state index in [0.717, 1.165) is 18.5 Å². The van der Waals surface area contributed by atoms with E-state index < -0.39 is 0 Å². The van der Waals surface area contributed by atoms with Crippen molar-refractivity contribution < 1.29 is 4.79 Å². The van der Waals surface area contributed by atoms with Crippen LogP contribution in [0.1, 0.15) is 24.5 Å². The largest absolute Gasteiger partial charge is 0.374 e. The van der Waals surface area contributed by atoms with Gasteiger partial charge >= 0.3 is 0 Å². The Morgan fingerprint density at radius 3 is 2.95 bits per heavy atom. The fraction of sp³-hybridized carbons (Fsp3) is 0.467. The minimum Gasteiger partial charge on any atom is -0.374 e. The number of benzene rings is 1. The van der Waals surface area contributed by atoms with Gasteiger partial charge in [-0.25, -0.2) is 0 Å². The topological polar surface area (TPSA) is 35.6 Å². The molecule has 2 aliphatic rings. The maximum Gasteiger partial charge on any atom is 0.251 e. The number of amides is 1. The molecule has 2 heterocycles. The fourth-order valence-corrected chi connectivity index (χ4v) is 3.26. The van der Waals surface area contributed by atoms with Crippen LogP contribution in [0.2, 0.25) is 0 Å². The Morgan fingerprint density at radius 1 is 1.45 bits per heavy atom. The Kier molecular flexibility index (Phi) is 3.38. The monoisotopic (exact) mass is 289 g/mol. The maximum atomic E-state index is 12.0. The first-order chi connectivity index (χ1) is 9.56. The van der Waals surface area contributed by atoms with Gasteiger partial charge in [-0.1, -0.05) is 12.1 Å². The van der Waals surface area contributed by atoms with Gasteiger partial charge in [-0.15, -0.1) is 0 Å². The number of anilines is 1. The molecular weight excluding hydrogens is 270 g/mol. The summed E-state index contributed by atoms with van der Waals surface area (Å²) in [5.74, 6) is 0.0600. The van der Waals surface area contributed by atoms with Crippen LogP contribution in [0.25, 0.3) is 0 Å². The van der Waals surface area contributed by atoms with Crippen molar-refractivity contribution in [2.24, 2.45) is 0 Å². The second kappa shape index (κ2) is 5.05. The van der Waals surface area contributed by atoms with Crippen molar-refractivity contribution in [1.82, 2.24) is 10.2 Å². The third-order valence-corrected chi connectivity index (χ3v) is 4.40. The van der Waals surface area contributed by atoms with Gasteiger partial charge in [-0.3, -0.25) is 9.69 Å². The maximum absolute atomic E-state index is 12.0. The summed E-state index contributed by atoms with van der Waals surface area (Å²) in [6.07, 6.45) is 2.30. The zero-order valence-corrected chi connectivity index (χ0v) is 12.7. The molecule has 1 saturated heterocycles. The van der Waals surface area contributed by atoms with Crippen molar-refractivity contribution in [1.29, 1.82) is 0 Å². The molecule has 1 unspecified atom stereocenters. The molecule has 1 fully saturated rings. The van der Waals surface area contributed by atoms with Crippen LogP contribution in [0, 0.1) is 0 Å². The summed E-state index contributed by atoms with van der Waals surface area (Å²) in [7, 11) is 2.13. The molecule has 1 amide bonds. The van der Waals surface area contributed by atoms with Gasteiger partial charge in [0.25, 0.3) is 5.91 Å². The molecule has 1 aromatic carbocycles. The Balaban J connectivity index is 1.82. The Bertz CT molecular complexity index is 572. The summed E-state index contributed by atoms with van der Waals surface area (Å²) in [4.78, 5) is 16.0. The van der Waals surface area contributed by atoms with Gasteiger partial charge in [0.1, 0.15) is 6.04 Å². The molecule has 3 rings (SSSR count). The van der Waals surface area contributed by atoms with Gasteiger partial charge in [-0.05, 0) is 49.2 Å². The van der Waals surface area contributed by atoms with E-state index in [1.54, 1.807) is 4.90 Å². The summed E-state index contributed by atoms with van der Waals surface area (Å²) in [6.45, 7) is 3.52. The first-order valence-electron chi connectivity index (χ1n) is 7.01. The van der Waals surface area contributed by atoms with Gasteiger partial charge in [-0.2, -0.15) is 0 Å². The number of carbonyl (C=O) groups is 1. The van der Waals surface area contributed by atoms with Crippen molar-refractivity contribution in [3.8, 4) is 0 Å². The minimum atomic E-state index is -0.203. The van der Waals surface area contributed by atoms with E-state index in [2.05, 4.69) is 35.5 Å². The molecule has 1 atom stereocenters. The third-order valence-electron chi connectivity index (χ3n) is 4.06. The van der Waals surface area contributed by atoms with Crippen LogP contribution in [-0.4, -0.2) is 35.6 Å². The fourth-order valence-electron chi connectivity index (χ4n) is 2.93. The summed E-state index contributed by atoms with van der Waals surface area (Å²) < 4.78 is 0. The number of nitrogens with one attached hydrogen (secondary N) is 1. The van der Waals surface area contributed by atoms with Crippen LogP contribution in [0.4, 0.5) is 5.69 Å². The van der Waals surface area contributed by atoms with Gasteiger partial charge in [0, 0.05) is 19.3 Å². The SMILES string of the molecule is CC1NC(=S)N(Cc2ccc3c(c2)CCCN3C)C1=O. The van der Waals surface area contributed by atoms with Crippen LogP contribution in [0.5, 0.6) is 0 Å². The van der Waals surface area contributed by atoms with Crippen LogP contribution < -0.4 is 10.2 Å². The number of hydrogen-bond donors (Lipinski definition) is 1. The number of aryl methyl sites for hydroxylation is 1. The molecule has 0 spiro atoms. The molecule has 0 saturated carbocycles. The second-order valence-electron chi connectivity index (χ2n) is 5.58. The summed E-state index contributed by atoms with van der Waals surface area (Å²) in [6, 6.07) is 6.26. The number of nitrogens with zero attached hydrogens (tertiary/aromatic N) is 2. The van der Waals surface area contributed by atoms with Crippen molar-refractivity contribution in [2.45, 2.75) is 32.4 Å². The molecule has 0 bridgehead atoms. The predicted octanol–water partition coefficient (Wildman–Crippen LogP) is 1.67. The second-order valence-corrected chi connectivity index (χ2v) is 5.97. The molecule has 0 aromatic heterocycles. The number of hydrogen-bond acceptors (Lipinski definition) is 3. The van der Waals surface area contributed by atoms with Crippen LogP contribution in [0.15, 0.2) is 18.2 Å². The molecule has 4 nitrogen and oxygen atoms in total. The molecule has 0 aliphatic carbocycles. The number of carbonyl (C=O) groups excluding carboxylic acids is 1. The van der Waals surface area contributed by atoms with Gasteiger partial charge in [0.05, 0.1) is 6.54 Å². The van der Waals surface area contributed by atoms with E-state index in [1.165, 1.54) is 17.7 Å². The van der Waals surface area contributed by atoms with Crippen LogP contribution >= 0.6 is 12.2 Å². The molecule has 20 heavy (non-hydrogen) atoms. The highest BCUT2D eigenvalue weighted by molar-refractivity contribution is 7.80. The van der Waals surface area contributed by atoms with Crippen molar-refractivity contribution in [2.75, 3.05) is 18.5 Å². The number of fused-ring (bicyclic) bond motifs is 1. The molecule has 0 radical (unpaired) electrons.